The molecule has 4 aliphatic rings. The Labute approximate surface area is 461 Å². The van der Waals surface area contributed by atoms with Crippen molar-refractivity contribution in [3.63, 3.8) is 0 Å². The Bertz CT molecular complexity index is 2710. The molecule has 4 fully saturated rings. The molecule has 0 unspecified atom stereocenters. The Hall–Kier alpha value is -1.52. The molecule has 10 rings (SSSR count). The number of nitrogens with one attached hydrogen (secondary N) is 1. The number of halogens is 5. The zero-order valence-corrected chi connectivity index (χ0v) is 47.9. The van der Waals surface area contributed by atoms with Crippen LogP contribution in [0.1, 0.15) is 60.3 Å². The minimum atomic E-state index is -1.11. The van der Waals surface area contributed by atoms with Gasteiger partial charge in [0, 0.05) is 90.2 Å². The maximum Gasteiger partial charge on any atom is 1.00 e. The molecular formula is C46H54BrCl4N10NaO3S3. The Morgan fingerprint density at radius 1 is 0.779 bits per heavy atom. The Morgan fingerprint density at radius 3 is 1.88 bits per heavy atom. The van der Waals surface area contributed by atoms with Gasteiger partial charge in [-0.2, -0.15) is 4.90 Å². The summed E-state index contributed by atoms with van der Waals surface area (Å²) in [5.74, 6) is 1.82. The summed E-state index contributed by atoms with van der Waals surface area (Å²) in [5.41, 5.74) is 8.30. The average molecular weight is 1140 g/mol. The molecule has 0 saturated carbocycles. The van der Waals surface area contributed by atoms with Crippen molar-refractivity contribution in [3.8, 4) is 0 Å². The number of anilines is 2. The summed E-state index contributed by atoms with van der Waals surface area (Å²) in [5, 5.41) is 2.07. The van der Waals surface area contributed by atoms with Crippen molar-refractivity contribution in [3.05, 3.63) is 98.1 Å². The van der Waals surface area contributed by atoms with E-state index in [2.05, 4.69) is 59.3 Å². The van der Waals surface area contributed by atoms with E-state index in [-0.39, 0.29) is 69.4 Å². The standard InChI is InChI=1S/C21H23Cl2N5OS.C19H28BrN5O2S.C6H4Cl2S.Na/c1-13-18(24)21(12-29-13)5-8-27(9-6-21)20-26-11-16(19-25-7-10-28(19)20)30-15-4-2-3-14(22)17(15)23;1-13-15(23-28(26)18(2,3)4)19(12-27-13)5-8-24(9-6-19)17-22-11-14(20)16-21-7-10-25(16)17;7-4-2-1-3-5(9)6(4)8;/h2-4,7,10-11,13,18H,5-6,8-9,12,24H2,1H3;7,10-11,13,15,23H,5-6,8-9,12H2,1-4H3;1-3,9H;/q;;;+1/p-1/t13-,18+;13-,15+,28+;;/m00../s1. The second-order valence-corrected chi connectivity index (χ2v) is 24.5. The number of imidazole rings is 2. The van der Waals surface area contributed by atoms with E-state index in [1.165, 1.54) is 11.8 Å². The van der Waals surface area contributed by atoms with Gasteiger partial charge in [0.25, 0.3) is 0 Å². The molecule has 13 nitrogen and oxygen atoms in total. The summed E-state index contributed by atoms with van der Waals surface area (Å²) >= 11 is 33.7. The fourth-order valence-corrected chi connectivity index (χ4v) is 12.6. The molecule has 0 bridgehead atoms. The zero-order valence-electron chi connectivity index (χ0n) is 38.8. The molecule has 68 heavy (non-hydrogen) atoms. The van der Waals surface area contributed by atoms with Crippen LogP contribution in [0.25, 0.3) is 11.3 Å². The fraction of sp³-hybridized carbons (Fsp3) is 0.478. The van der Waals surface area contributed by atoms with E-state index in [0.29, 0.717) is 25.0 Å². The number of hydrogen-bond donors (Lipinski definition) is 2. The van der Waals surface area contributed by atoms with Crippen LogP contribution >= 0.6 is 74.1 Å². The number of fused-ring (bicyclic) bond motifs is 2. The van der Waals surface area contributed by atoms with Crippen molar-refractivity contribution in [2.75, 3.05) is 49.2 Å². The molecule has 4 saturated heterocycles. The third-order valence-corrected chi connectivity index (χ3v) is 18.7. The third kappa shape index (κ3) is 11.5. The molecular weight excluding hydrogens is 1080 g/mol. The van der Waals surface area contributed by atoms with Crippen molar-refractivity contribution in [1.29, 1.82) is 0 Å². The monoisotopic (exact) mass is 1130 g/mol. The fourth-order valence-electron chi connectivity index (χ4n) is 9.19. The molecule has 0 aliphatic carbocycles. The van der Waals surface area contributed by atoms with Crippen molar-refractivity contribution in [2.45, 2.75) is 104 Å². The van der Waals surface area contributed by atoms with Crippen LogP contribution in [0.3, 0.4) is 0 Å². The minimum Gasteiger partial charge on any atom is -0.778 e. The van der Waals surface area contributed by atoms with Gasteiger partial charge in [-0.1, -0.05) is 76.4 Å². The molecule has 3 N–H and O–H groups in total. The number of aromatic nitrogens is 6. The van der Waals surface area contributed by atoms with Crippen LogP contribution in [0.2, 0.25) is 20.1 Å². The topological polar surface area (TPSA) is 140 Å². The van der Waals surface area contributed by atoms with Gasteiger partial charge < -0.3 is 37.6 Å². The first-order chi connectivity index (χ1) is 31.9. The van der Waals surface area contributed by atoms with Gasteiger partial charge in [-0.05, 0) is 94.4 Å². The number of piperidine rings is 2. The second kappa shape index (κ2) is 22.7. The molecule has 4 aromatic heterocycles. The predicted octanol–water partition coefficient (Wildman–Crippen LogP) is 7.34. The third-order valence-electron chi connectivity index (χ3n) is 13.3. The molecule has 0 radical (unpaired) electrons. The van der Waals surface area contributed by atoms with Crippen LogP contribution < -0.4 is 49.8 Å². The Morgan fingerprint density at radius 2 is 1.31 bits per heavy atom. The maximum absolute atomic E-state index is 12.7. The summed E-state index contributed by atoms with van der Waals surface area (Å²) in [6, 6.07) is 11.0. The van der Waals surface area contributed by atoms with Crippen molar-refractivity contribution in [1.82, 2.24) is 33.5 Å². The van der Waals surface area contributed by atoms with E-state index in [9.17, 15) is 4.21 Å². The predicted molar refractivity (Wildman–Crippen MR) is 278 cm³/mol. The number of rotatable bonds is 6. The van der Waals surface area contributed by atoms with Gasteiger partial charge in [-0.3, -0.25) is 8.80 Å². The summed E-state index contributed by atoms with van der Waals surface area (Å²) in [6.45, 7) is 15.2. The molecule has 4 aliphatic heterocycles. The zero-order chi connectivity index (χ0) is 47.8. The van der Waals surface area contributed by atoms with Crippen LogP contribution in [-0.2, 0) is 33.1 Å². The summed E-state index contributed by atoms with van der Waals surface area (Å²) in [7, 11) is -1.11. The van der Waals surface area contributed by atoms with E-state index in [1.54, 1.807) is 36.7 Å². The number of nitrogens with zero attached hydrogens (tertiary/aromatic N) is 8. The van der Waals surface area contributed by atoms with Crippen molar-refractivity contribution in [2.24, 2.45) is 16.6 Å². The van der Waals surface area contributed by atoms with E-state index in [0.717, 1.165) is 103 Å². The van der Waals surface area contributed by atoms with Crippen LogP contribution in [0.5, 0.6) is 0 Å². The van der Waals surface area contributed by atoms with Crippen LogP contribution in [-0.4, -0.2) is 101 Å². The van der Waals surface area contributed by atoms with Crippen molar-refractivity contribution >= 4 is 121 Å². The molecule has 2 spiro atoms. The molecule has 5 atom stereocenters. The Balaban J connectivity index is 0.000000169. The first kappa shape index (κ1) is 54.3. The van der Waals surface area contributed by atoms with Crippen molar-refractivity contribution < 1.29 is 43.2 Å². The Kier molecular flexibility index (Phi) is 18.1. The van der Waals surface area contributed by atoms with Crippen LogP contribution in [0.15, 0.2) is 92.7 Å². The van der Waals surface area contributed by atoms with Gasteiger partial charge in [0.05, 0.1) is 71.6 Å². The van der Waals surface area contributed by atoms with Gasteiger partial charge >= 0.3 is 29.6 Å². The van der Waals surface area contributed by atoms with Gasteiger partial charge in [-0.15, -0.1) is 0 Å². The van der Waals surface area contributed by atoms with Gasteiger partial charge in [0.2, 0.25) is 11.9 Å². The average Bonchev–Trinajstić information content (AvgIpc) is 4.12. The maximum atomic E-state index is 12.7. The van der Waals surface area contributed by atoms with Gasteiger partial charge in [-0.25, -0.2) is 28.9 Å². The summed E-state index contributed by atoms with van der Waals surface area (Å²) in [4.78, 5) is 25.5. The normalized spacial score (nSPS) is 22.5. The largest absolute Gasteiger partial charge is 1.00 e. The smallest absolute Gasteiger partial charge is 0.778 e. The van der Waals surface area contributed by atoms with Crippen LogP contribution in [0, 0.1) is 10.8 Å². The number of ether oxygens (including phenoxy) is 2. The summed E-state index contributed by atoms with van der Waals surface area (Å²) < 4.78 is 32.7. The molecule has 6 aromatic rings. The van der Waals surface area contributed by atoms with E-state index in [4.69, 9.17) is 79.2 Å². The molecule has 22 heteroatoms. The van der Waals surface area contributed by atoms with E-state index in [1.807, 2.05) is 66.5 Å². The molecule has 0 amide bonds. The van der Waals surface area contributed by atoms with E-state index >= 15 is 0 Å². The molecule has 8 heterocycles. The summed E-state index contributed by atoms with van der Waals surface area (Å²) in [6.07, 6.45) is 15.3. The van der Waals surface area contributed by atoms with Gasteiger partial charge in [0.1, 0.15) is 0 Å². The minimum absolute atomic E-state index is 0. The SMILES string of the molecule is C[C@@H]1OCC2(CCN(c3ncc(Br)c4nccn34)CC2)[C@@H]1N[S@](=O)C(C)(C)C.C[C@@H]1OCC2(CCN(c3ncc(Sc4cccc(Cl)c4Cl)c4nccn34)CC2)[C@@H]1N.[Na+].[S-]c1cccc(Cl)c1Cl. The van der Waals surface area contributed by atoms with E-state index < -0.39 is 11.0 Å². The first-order valence-electron chi connectivity index (χ1n) is 22.1. The second-order valence-electron chi connectivity index (χ2n) is 18.5. The molecule has 360 valence electrons. The van der Waals surface area contributed by atoms with Crippen LogP contribution in [0.4, 0.5) is 11.9 Å². The van der Waals surface area contributed by atoms with Gasteiger partial charge in [0.15, 0.2) is 11.3 Å². The number of hydrogen-bond acceptors (Lipinski definition) is 12. The first-order valence-corrected chi connectivity index (χ1v) is 26.8. The number of benzene rings is 2. The quantitative estimate of drug-likeness (QED) is 0.128. The molecule has 2 aromatic carbocycles. The number of nitrogens with two attached hydrogens (primary N) is 1.